The van der Waals surface area contributed by atoms with Crippen molar-refractivity contribution in [1.29, 1.82) is 10.8 Å². The van der Waals surface area contributed by atoms with Crippen molar-refractivity contribution in [3.05, 3.63) is 59.7 Å². The van der Waals surface area contributed by atoms with Crippen LogP contribution in [0.1, 0.15) is 27.1 Å². The van der Waals surface area contributed by atoms with Crippen molar-refractivity contribution in [2.75, 3.05) is 43.4 Å². The van der Waals surface area contributed by atoms with Gasteiger partial charge in [0, 0.05) is 42.1 Å². The highest BCUT2D eigenvalue weighted by Crippen LogP contribution is 2.16. The Morgan fingerprint density at radius 2 is 1.33 bits per heavy atom. The number of carbonyl (C=O) groups is 5. The zero-order chi connectivity index (χ0) is 30.8. The van der Waals surface area contributed by atoms with Crippen LogP contribution in [0.25, 0.3) is 0 Å². The van der Waals surface area contributed by atoms with Gasteiger partial charge in [0.2, 0.25) is 11.8 Å². The van der Waals surface area contributed by atoms with E-state index in [1.54, 1.807) is 24.3 Å². The number of aliphatic carboxylic acids is 1. The van der Waals surface area contributed by atoms with Crippen molar-refractivity contribution in [2.24, 2.45) is 11.5 Å². The van der Waals surface area contributed by atoms with Crippen LogP contribution in [0.15, 0.2) is 48.5 Å². The third-order valence-electron chi connectivity index (χ3n) is 6.19. The maximum absolute atomic E-state index is 13.1. The Hall–Kier alpha value is -5.67. The normalized spacial score (nSPS) is 14.5. The molecule has 1 aliphatic rings. The molecule has 0 aliphatic carbocycles. The molecule has 0 spiro atoms. The van der Waals surface area contributed by atoms with E-state index in [4.69, 9.17) is 22.3 Å². The Morgan fingerprint density at radius 3 is 1.81 bits per heavy atom. The summed E-state index contributed by atoms with van der Waals surface area (Å²) < 4.78 is 0. The van der Waals surface area contributed by atoms with E-state index < -0.39 is 48.7 Å². The predicted octanol–water partition coefficient (Wildman–Crippen LogP) is -1.03. The van der Waals surface area contributed by atoms with Gasteiger partial charge < -0.3 is 47.6 Å². The second-order valence-corrected chi connectivity index (χ2v) is 9.22. The first-order chi connectivity index (χ1) is 19.9. The van der Waals surface area contributed by atoms with Gasteiger partial charge in [-0.25, -0.2) is 0 Å². The molecule has 1 fully saturated rings. The molecule has 1 aliphatic heterocycles. The van der Waals surface area contributed by atoms with E-state index in [9.17, 15) is 29.1 Å². The maximum atomic E-state index is 13.1. The third kappa shape index (κ3) is 8.67. The molecule has 0 radical (unpaired) electrons. The molecule has 2 aromatic rings. The molecular formula is C26H32N10O6. The Kier molecular flexibility index (Phi) is 10.4. The van der Waals surface area contributed by atoms with E-state index in [2.05, 4.69) is 21.3 Å². The number of benzene rings is 2. The summed E-state index contributed by atoms with van der Waals surface area (Å²) in [6, 6.07) is 11.2. The summed E-state index contributed by atoms with van der Waals surface area (Å²) in [5.41, 5.74) is 12.2. The van der Waals surface area contributed by atoms with Crippen LogP contribution in [-0.2, 0) is 14.4 Å². The molecule has 42 heavy (non-hydrogen) atoms. The number of anilines is 2. The molecule has 16 nitrogen and oxygen atoms in total. The van der Waals surface area contributed by atoms with Crippen LogP contribution in [0.5, 0.6) is 0 Å². The summed E-state index contributed by atoms with van der Waals surface area (Å²) >= 11 is 0. The fourth-order valence-corrected chi connectivity index (χ4v) is 4.24. The minimum atomic E-state index is -1.20. The number of hydrogen-bond donors (Lipinski definition) is 9. The van der Waals surface area contributed by atoms with Crippen LogP contribution in [0.3, 0.4) is 0 Å². The number of nitrogens with one attached hydrogen (secondary N) is 6. The van der Waals surface area contributed by atoms with Crippen molar-refractivity contribution in [2.45, 2.75) is 12.5 Å². The second-order valence-electron chi connectivity index (χ2n) is 9.22. The first-order valence-electron chi connectivity index (χ1n) is 12.7. The van der Waals surface area contributed by atoms with Gasteiger partial charge >= 0.3 is 5.97 Å². The highest BCUT2D eigenvalue weighted by atomic mass is 16.4. The fraction of sp³-hybridized carbons (Fsp3) is 0.269. The van der Waals surface area contributed by atoms with Crippen molar-refractivity contribution < 1.29 is 29.1 Å². The summed E-state index contributed by atoms with van der Waals surface area (Å²) in [6.45, 7) is -0.904. The Bertz CT molecular complexity index is 1360. The number of hydrogen-bond acceptors (Lipinski definition) is 7. The molecule has 222 valence electrons. The average Bonchev–Trinajstić information content (AvgIpc) is 2.93. The number of piperazine rings is 1. The van der Waals surface area contributed by atoms with Crippen LogP contribution >= 0.6 is 0 Å². The zero-order valence-electron chi connectivity index (χ0n) is 22.5. The van der Waals surface area contributed by atoms with Crippen LogP contribution < -0.4 is 32.7 Å². The maximum Gasteiger partial charge on any atom is 0.323 e. The molecule has 3 rings (SSSR count). The van der Waals surface area contributed by atoms with E-state index in [-0.39, 0.29) is 43.5 Å². The first kappa shape index (κ1) is 30.9. The van der Waals surface area contributed by atoms with E-state index in [0.29, 0.717) is 16.9 Å². The highest BCUT2D eigenvalue weighted by molar-refractivity contribution is 5.99. The number of carboxylic acids is 1. The van der Waals surface area contributed by atoms with Gasteiger partial charge in [-0.15, -0.1) is 0 Å². The molecule has 0 bridgehead atoms. The number of nitrogens with zero attached hydrogens (tertiary/aromatic N) is 2. The Morgan fingerprint density at radius 1 is 0.833 bits per heavy atom. The fourth-order valence-electron chi connectivity index (χ4n) is 4.24. The number of nitrogens with two attached hydrogens (primary N) is 2. The van der Waals surface area contributed by atoms with Crippen molar-refractivity contribution in [1.82, 2.24) is 20.4 Å². The standard InChI is InChI=1S/C26H32N10O6/c27-25(28)33-17-5-1-15(2-6-17)22(40)31-10-9-19-24(42)35(14-21(38)39)11-12-36(19)20(37)13-32-23(41)16-3-7-18(8-4-16)34-26(29)30/h1-8,19H,9-14H2,(H,31,40)(H,32,41)(H,38,39)(H4,27,28,33)(H4,29,30,34). The first-order valence-corrected chi connectivity index (χ1v) is 12.7. The molecule has 16 heteroatoms. The minimum Gasteiger partial charge on any atom is -0.480 e. The van der Waals surface area contributed by atoms with Gasteiger partial charge in [0.05, 0.1) is 6.54 Å². The molecule has 1 heterocycles. The zero-order valence-corrected chi connectivity index (χ0v) is 22.5. The lowest BCUT2D eigenvalue weighted by atomic mass is 10.1. The lowest BCUT2D eigenvalue weighted by Gasteiger charge is -2.40. The monoisotopic (exact) mass is 580 g/mol. The van der Waals surface area contributed by atoms with E-state index in [1.165, 1.54) is 29.2 Å². The predicted molar refractivity (Wildman–Crippen MR) is 153 cm³/mol. The SMILES string of the molecule is N=C(N)Nc1ccc(C(=O)NCCC2C(=O)N(CC(=O)O)CCN2C(=O)CNC(=O)c2ccc(NC(=N)N)cc2)cc1. The molecule has 11 N–H and O–H groups in total. The summed E-state index contributed by atoms with van der Waals surface area (Å²) in [7, 11) is 0. The number of guanidine groups is 2. The van der Waals surface area contributed by atoms with Crippen LogP contribution in [0, 0.1) is 10.8 Å². The smallest absolute Gasteiger partial charge is 0.323 e. The van der Waals surface area contributed by atoms with Crippen LogP contribution in [0.4, 0.5) is 11.4 Å². The summed E-state index contributed by atoms with van der Waals surface area (Å²) in [5, 5.41) is 34.0. The lowest BCUT2D eigenvalue weighted by molar-refractivity contribution is -0.155. The molecular weight excluding hydrogens is 548 g/mol. The van der Waals surface area contributed by atoms with Gasteiger partial charge in [-0.3, -0.25) is 34.8 Å². The molecule has 1 atom stereocenters. The van der Waals surface area contributed by atoms with E-state index in [1.807, 2.05) is 0 Å². The molecule has 0 saturated carbocycles. The van der Waals surface area contributed by atoms with Crippen molar-refractivity contribution >= 4 is 52.9 Å². The molecule has 1 unspecified atom stereocenters. The number of carboxylic acid groups (broad SMARTS) is 1. The molecule has 1 saturated heterocycles. The molecule has 0 aromatic heterocycles. The van der Waals surface area contributed by atoms with Gasteiger partial charge in [-0.05, 0) is 55.0 Å². The van der Waals surface area contributed by atoms with E-state index in [0.717, 1.165) is 4.90 Å². The molecule has 4 amide bonds. The van der Waals surface area contributed by atoms with Gasteiger partial charge in [-0.2, -0.15) is 0 Å². The average molecular weight is 581 g/mol. The van der Waals surface area contributed by atoms with Crippen molar-refractivity contribution in [3.8, 4) is 0 Å². The quantitative estimate of drug-likeness (QED) is 0.115. The van der Waals surface area contributed by atoms with Gasteiger partial charge in [-0.1, -0.05) is 0 Å². The van der Waals surface area contributed by atoms with Crippen LogP contribution in [-0.4, -0.2) is 95.2 Å². The summed E-state index contributed by atoms with van der Waals surface area (Å²) in [4.78, 5) is 65.0. The summed E-state index contributed by atoms with van der Waals surface area (Å²) in [6.07, 6.45) is 0.00889. The van der Waals surface area contributed by atoms with Crippen LogP contribution in [0.2, 0.25) is 0 Å². The lowest BCUT2D eigenvalue weighted by Crippen LogP contribution is -2.61. The minimum absolute atomic E-state index is 0.000382. The number of rotatable bonds is 11. The number of amides is 4. The highest BCUT2D eigenvalue weighted by Gasteiger charge is 2.37. The second kappa shape index (κ2) is 14.1. The Labute approximate surface area is 240 Å². The van der Waals surface area contributed by atoms with Crippen molar-refractivity contribution in [3.63, 3.8) is 0 Å². The summed E-state index contributed by atoms with van der Waals surface area (Å²) in [5.74, 6) is -3.82. The largest absolute Gasteiger partial charge is 0.480 e. The van der Waals surface area contributed by atoms with E-state index >= 15 is 0 Å². The third-order valence-corrected chi connectivity index (χ3v) is 6.19. The Balaban J connectivity index is 1.61. The molecule has 2 aromatic carbocycles. The van der Waals surface area contributed by atoms with Gasteiger partial charge in [0.1, 0.15) is 12.6 Å². The number of carbonyl (C=O) groups excluding carboxylic acids is 4. The van der Waals surface area contributed by atoms with Gasteiger partial charge in [0.25, 0.3) is 11.8 Å². The topological polar surface area (TPSA) is 260 Å². The van der Waals surface area contributed by atoms with Gasteiger partial charge in [0.15, 0.2) is 11.9 Å².